The number of carbonyl (C=O) groups excluding carboxylic acids is 1. The molecule has 0 aromatic heterocycles. The first kappa shape index (κ1) is 14.9. The Balaban J connectivity index is 1.74. The number of aliphatic hydroxyl groups excluding tert-OH is 1. The second kappa shape index (κ2) is 6.38. The van der Waals surface area contributed by atoms with Crippen LogP contribution in [0.5, 0.6) is 0 Å². The SMILES string of the molecule is O=C(Nc1cccc(Cl)c1)Nc1cccc2c1C[C@H](O)CC2. The standard InChI is InChI=1S/C17H17ClN2O2/c18-12-4-2-5-13(9-12)19-17(22)20-16-6-1-3-11-7-8-14(21)10-15(11)16/h1-6,9,14,21H,7-8,10H2,(H2,19,20,22)/t14-/m1/s1. The van der Waals surface area contributed by atoms with Gasteiger partial charge in [0.05, 0.1) is 6.10 Å². The third-order valence-corrected chi connectivity index (χ3v) is 4.03. The molecule has 3 rings (SSSR count). The molecular weight excluding hydrogens is 300 g/mol. The molecule has 5 heteroatoms. The van der Waals surface area contributed by atoms with Crippen LogP contribution in [0.3, 0.4) is 0 Å². The number of rotatable bonds is 2. The first-order valence-electron chi connectivity index (χ1n) is 7.24. The lowest BCUT2D eigenvalue weighted by Crippen LogP contribution is -2.24. The molecule has 3 N–H and O–H groups in total. The van der Waals surface area contributed by atoms with E-state index in [0.29, 0.717) is 17.1 Å². The minimum atomic E-state index is -0.341. The Kier molecular flexibility index (Phi) is 4.32. The summed E-state index contributed by atoms with van der Waals surface area (Å²) in [4.78, 5) is 12.1. The number of urea groups is 1. The fraction of sp³-hybridized carbons (Fsp3) is 0.235. The molecule has 0 aliphatic heterocycles. The summed E-state index contributed by atoms with van der Waals surface area (Å²) in [7, 11) is 0. The normalized spacial score (nSPS) is 16.7. The minimum absolute atomic E-state index is 0.323. The van der Waals surface area contributed by atoms with E-state index in [1.807, 2.05) is 18.2 Å². The molecule has 0 saturated heterocycles. The van der Waals surface area contributed by atoms with E-state index in [0.717, 1.165) is 24.1 Å². The zero-order valence-corrected chi connectivity index (χ0v) is 12.7. The number of halogens is 1. The van der Waals surface area contributed by atoms with E-state index in [-0.39, 0.29) is 12.1 Å². The van der Waals surface area contributed by atoms with Crippen LogP contribution < -0.4 is 10.6 Å². The van der Waals surface area contributed by atoms with Crippen LogP contribution in [-0.2, 0) is 12.8 Å². The first-order valence-corrected chi connectivity index (χ1v) is 7.62. The van der Waals surface area contributed by atoms with E-state index >= 15 is 0 Å². The van der Waals surface area contributed by atoms with Crippen molar-refractivity contribution in [1.29, 1.82) is 0 Å². The lowest BCUT2D eigenvalue weighted by molar-refractivity contribution is 0.159. The van der Waals surface area contributed by atoms with Gasteiger partial charge in [0.2, 0.25) is 0 Å². The lowest BCUT2D eigenvalue weighted by Gasteiger charge is -2.23. The highest BCUT2D eigenvalue weighted by Gasteiger charge is 2.19. The Hall–Kier alpha value is -2.04. The summed E-state index contributed by atoms with van der Waals surface area (Å²) in [6.07, 6.45) is 1.84. The Morgan fingerprint density at radius 3 is 2.82 bits per heavy atom. The monoisotopic (exact) mass is 316 g/mol. The number of aryl methyl sites for hydroxylation is 1. The van der Waals surface area contributed by atoms with E-state index in [1.54, 1.807) is 24.3 Å². The van der Waals surface area contributed by atoms with Crippen LogP contribution in [0, 0.1) is 0 Å². The number of nitrogens with one attached hydrogen (secondary N) is 2. The van der Waals surface area contributed by atoms with Crippen LogP contribution in [0.4, 0.5) is 16.2 Å². The lowest BCUT2D eigenvalue weighted by atomic mass is 9.88. The third-order valence-electron chi connectivity index (χ3n) is 3.79. The fourth-order valence-corrected chi connectivity index (χ4v) is 2.93. The summed E-state index contributed by atoms with van der Waals surface area (Å²) in [5, 5.41) is 16.0. The van der Waals surface area contributed by atoms with Crippen molar-refractivity contribution in [2.45, 2.75) is 25.4 Å². The van der Waals surface area contributed by atoms with Gasteiger partial charge in [0.25, 0.3) is 0 Å². The number of amides is 2. The van der Waals surface area contributed by atoms with E-state index in [4.69, 9.17) is 11.6 Å². The Bertz CT molecular complexity index is 703. The average molecular weight is 317 g/mol. The van der Waals surface area contributed by atoms with E-state index in [2.05, 4.69) is 10.6 Å². The Morgan fingerprint density at radius 2 is 2.00 bits per heavy atom. The van der Waals surface area contributed by atoms with Gasteiger partial charge in [-0.25, -0.2) is 4.79 Å². The first-order chi connectivity index (χ1) is 10.6. The summed E-state index contributed by atoms with van der Waals surface area (Å²) in [6.45, 7) is 0. The summed E-state index contributed by atoms with van der Waals surface area (Å²) >= 11 is 5.90. The fourth-order valence-electron chi connectivity index (χ4n) is 2.74. The van der Waals surface area contributed by atoms with E-state index < -0.39 is 0 Å². The molecule has 2 aromatic carbocycles. The van der Waals surface area contributed by atoms with Gasteiger partial charge in [-0.05, 0) is 48.2 Å². The molecule has 2 aromatic rings. The summed E-state index contributed by atoms with van der Waals surface area (Å²) in [6, 6.07) is 12.5. The molecule has 0 radical (unpaired) electrons. The number of aliphatic hydroxyl groups is 1. The van der Waals surface area contributed by atoms with Gasteiger partial charge >= 0.3 is 6.03 Å². The van der Waals surface area contributed by atoms with Gasteiger partial charge in [-0.15, -0.1) is 0 Å². The topological polar surface area (TPSA) is 61.4 Å². The van der Waals surface area contributed by atoms with Gasteiger partial charge < -0.3 is 15.7 Å². The van der Waals surface area contributed by atoms with Crippen molar-refractivity contribution in [3.63, 3.8) is 0 Å². The quantitative estimate of drug-likeness (QED) is 0.788. The van der Waals surface area contributed by atoms with Gasteiger partial charge in [-0.2, -0.15) is 0 Å². The highest BCUT2D eigenvalue weighted by Crippen LogP contribution is 2.28. The van der Waals surface area contributed by atoms with E-state index in [9.17, 15) is 9.90 Å². The van der Waals surface area contributed by atoms with Crippen molar-refractivity contribution in [3.8, 4) is 0 Å². The average Bonchev–Trinajstić information content (AvgIpc) is 2.48. The molecule has 0 heterocycles. The molecule has 0 spiro atoms. The molecule has 0 fully saturated rings. The molecule has 1 aliphatic rings. The minimum Gasteiger partial charge on any atom is -0.393 e. The number of anilines is 2. The van der Waals surface area contributed by atoms with Crippen LogP contribution in [0.2, 0.25) is 5.02 Å². The van der Waals surface area contributed by atoms with Crippen LogP contribution in [0.1, 0.15) is 17.5 Å². The van der Waals surface area contributed by atoms with E-state index in [1.165, 1.54) is 5.56 Å². The van der Waals surface area contributed by atoms with Crippen molar-refractivity contribution in [3.05, 3.63) is 58.6 Å². The molecule has 22 heavy (non-hydrogen) atoms. The number of benzene rings is 2. The van der Waals surface area contributed by atoms with Crippen molar-refractivity contribution in [2.24, 2.45) is 0 Å². The predicted molar refractivity (Wildman–Crippen MR) is 88.6 cm³/mol. The van der Waals surface area contributed by atoms with Crippen LogP contribution in [0.25, 0.3) is 0 Å². The summed E-state index contributed by atoms with van der Waals surface area (Å²) in [5.41, 5.74) is 3.58. The maximum absolute atomic E-state index is 12.1. The number of hydrogen-bond donors (Lipinski definition) is 3. The zero-order valence-electron chi connectivity index (χ0n) is 12.0. The molecular formula is C17H17ClN2O2. The summed E-state index contributed by atoms with van der Waals surface area (Å²) < 4.78 is 0. The Morgan fingerprint density at radius 1 is 1.18 bits per heavy atom. The van der Waals surface area contributed by atoms with Gasteiger partial charge in [-0.3, -0.25) is 0 Å². The van der Waals surface area contributed by atoms with Crippen molar-refractivity contribution >= 4 is 29.0 Å². The number of hydrogen-bond acceptors (Lipinski definition) is 2. The maximum Gasteiger partial charge on any atom is 0.323 e. The molecule has 1 atom stereocenters. The molecule has 4 nitrogen and oxygen atoms in total. The van der Waals surface area contributed by atoms with Gasteiger partial charge in [-0.1, -0.05) is 29.8 Å². The molecule has 114 valence electrons. The predicted octanol–water partition coefficient (Wildman–Crippen LogP) is 3.83. The molecule has 0 bridgehead atoms. The number of fused-ring (bicyclic) bond motifs is 1. The van der Waals surface area contributed by atoms with Crippen LogP contribution in [-0.4, -0.2) is 17.2 Å². The molecule has 2 amide bonds. The van der Waals surface area contributed by atoms with Gasteiger partial charge in [0.15, 0.2) is 0 Å². The smallest absolute Gasteiger partial charge is 0.323 e. The van der Waals surface area contributed by atoms with Gasteiger partial charge in [0, 0.05) is 22.8 Å². The third kappa shape index (κ3) is 3.40. The summed E-state index contributed by atoms with van der Waals surface area (Å²) in [5.74, 6) is 0. The van der Waals surface area contributed by atoms with Crippen molar-refractivity contribution in [2.75, 3.05) is 10.6 Å². The zero-order chi connectivity index (χ0) is 15.5. The van der Waals surface area contributed by atoms with Gasteiger partial charge in [0.1, 0.15) is 0 Å². The molecule has 1 aliphatic carbocycles. The number of carbonyl (C=O) groups is 1. The van der Waals surface area contributed by atoms with Crippen molar-refractivity contribution in [1.82, 2.24) is 0 Å². The molecule has 0 saturated carbocycles. The van der Waals surface area contributed by atoms with Crippen LogP contribution >= 0.6 is 11.6 Å². The second-order valence-electron chi connectivity index (χ2n) is 5.43. The Labute approximate surface area is 134 Å². The maximum atomic E-state index is 12.1. The van der Waals surface area contributed by atoms with Crippen molar-refractivity contribution < 1.29 is 9.90 Å². The largest absolute Gasteiger partial charge is 0.393 e. The second-order valence-corrected chi connectivity index (χ2v) is 5.87. The van der Waals surface area contributed by atoms with Crippen LogP contribution in [0.15, 0.2) is 42.5 Å². The highest BCUT2D eigenvalue weighted by atomic mass is 35.5. The molecule has 0 unspecified atom stereocenters. The highest BCUT2D eigenvalue weighted by molar-refractivity contribution is 6.30.